The summed E-state index contributed by atoms with van der Waals surface area (Å²) in [5, 5.41) is 0.153. The van der Waals surface area contributed by atoms with E-state index in [1.54, 1.807) is 30.9 Å². The molecule has 0 saturated carbocycles. The van der Waals surface area contributed by atoms with Crippen molar-refractivity contribution in [3.8, 4) is 11.5 Å². The molecule has 1 aliphatic rings. The number of phosphoric acid groups is 1. The fourth-order valence-electron chi connectivity index (χ4n) is 3.87. The molecule has 9 nitrogen and oxygen atoms in total. The molecule has 3 rings (SSSR count). The number of anilines is 1. The Bertz CT molecular complexity index is 1220. The number of Topliss-reactive ketones (excluding diaryl/α,β-unsaturated/α-hetero) is 1. The number of hydrogen-bond acceptors (Lipinski definition) is 8. The molecule has 0 aromatic heterocycles. The fourth-order valence-corrected chi connectivity index (χ4v) is 5.52. The number of ketones is 1. The van der Waals surface area contributed by atoms with Crippen LogP contribution in [0.1, 0.15) is 37.6 Å². The Morgan fingerprint density at radius 2 is 1.54 bits per heavy atom. The molecule has 12 heteroatoms. The van der Waals surface area contributed by atoms with Gasteiger partial charge in [0.25, 0.3) is 5.91 Å². The summed E-state index contributed by atoms with van der Waals surface area (Å²) in [6.45, 7) is 11.4. The number of nitrogens with zero attached hydrogens (tertiary/aromatic N) is 2. The van der Waals surface area contributed by atoms with Gasteiger partial charge >= 0.3 is 7.82 Å². The van der Waals surface area contributed by atoms with Crippen molar-refractivity contribution < 1.29 is 32.5 Å². The monoisotopic (exact) mass is 598 g/mol. The summed E-state index contributed by atoms with van der Waals surface area (Å²) in [6.07, 6.45) is 0.499. The standard InChI is InChI=1S/C27H33Cl2N2O7P/c1-5-19(4)27(33)22-12-13-23(26(29)25(22)28)35-18-24(32)31-16-14-30(15-17-31)20-8-10-21(11-9-20)38-39(34,36-6-2)37-7-3/h8-13H,4-7,14-18H2,1-3H3. The van der Waals surface area contributed by atoms with Crippen LogP contribution in [0.15, 0.2) is 48.6 Å². The normalized spacial score (nSPS) is 13.8. The van der Waals surface area contributed by atoms with Crippen LogP contribution in [0.3, 0.4) is 0 Å². The van der Waals surface area contributed by atoms with E-state index in [1.165, 1.54) is 12.1 Å². The highest BCUT2D eigenvalue weighted by atomic mass is 35.5. The van der Waals surface area contributed by atoms with Crippen LogP contribution in [0.25, 0.3) is 0 Å². The Morgan fingerprint density at radius 1 is 0.923 bits per heavy atom. The van der Waals surface area contributed by atoms with Gasteiger partial charge in [-0.1, -0.05) is 36.7 Å². The van der Waals surface area contributed by atoms with Crippen LogP contribution >= 0.6 is 31.0 Å². The first-order valence-electron chi connectivity index (χ1n) is 12.7. The zero-order valence-corrected chi connectivity index (χ0v) is 24.7. The number of carbonyl (C=O) groups excluding carboxylic acids is 2. The third-order valence-corrected chi connectivity index (χ3v) is 8.46. The molecule has 0 aliphatic carbocycles. The first kappa shape index (κ1) is 31.0. The van der Waals surface area contributed by atoms with Crippen molar-refractivity contribution in [3.63, 3.8) is 0 Å². The van der Waals surface area contributed by atoms with Crippen LogP contribution in [-0.2, 0) is 18.4 Å². The Morgan fingerprint density at radius 3 is 2.10 bits per heavy atom. The molecule has 0 bridgehead atoms. The number of ether oxygens (including phenoxy) is 1. The molecule has 1 aliphatic heterocycles. The smallest absolute Gasteiger partial charge is 0.482 e. The highest BCUT2D eigenvalue weighted by Gasteiger charge is 2.28. The van der Waals surface area contributed by atoms with Gasteiger partial charge in [0, 0.05) is 37.4 Å². The van der Waals surface area contributed by atoms with Crippen LogP contribution in [0.5, 0.6) is 11.5 Å². The first-order valence-corrected chi connectivity index (χ1v) is 14.9. The zero-order valence-electron chi connectivity index (χ0n) is 22.3. The molecular formula is C27H33Cl2N2O7P. The van der Waals surface area contributed by atoms with Crippen molar-refractivity contribution >= 4 is 48.4 Å². The topological polar surface area (TPSA) is 94.6 Å². The summed E-state index contributed by atoms with van der Waals surface area (Å²) in [7, 11) is -3.66. The number of benzene rings is 2. The van der Waals surface area contributed by atoms with E-state index in [0.29, 0.717) is 43.9 Å². The van der Waals surface area contributed by atoms with Gasteiger partial charge in [0.05, 0.1) is 18.2 Å². The van der Waals surface area contributed by atoms with Crippen molar-refractivity contribution in [2.24, 2.45) is 0 Å². The van der Waals surface area contributed by atoms with Gasteiger partial charge in [-0.05, 0) is 62.2 Å². The second-order valence-corrected chi connectivity index (χ2v) is 10.9. The minimum Gasteiger partial charge on any atom is -0.482 e. The third-order valence-electron chi connectivity index (χ3n) is 6.02. The molecule has 212 valence electrons. The van der Waals surface area contributed by atoms with E-state index in [1.807, 2.05) is 19.1 Å². The molecule has 1 saturated heterocycles. The summed E-state index contributed by atoms with van der Waals surface area (Å²) in [5.74, 6) is 0.144. The molecule has 39 heavy (non-hydrogen) atoms. The molecule has 1 fully saturated rings. The number of amides is 1. The van der Waals surface area contributed by atoms with Gasteiger partial charge in [0.2, 0.25) is 0 Å². The minimum absolute atomic E-state index is 0.0739. The SMILES string of the molecule is C=C(CC)C(=O)c1ccc(OCC(=O)N2CCN(c3ccc(OP(=O)(OCC)OCC)cc3)CC2)c(Cl)c1Cl. The molecule has 0 radical (unpaired) electrons. The Labute approximate surface area is 239 Å². The maximum Gasteiger partial charge on any atom is 0.530 e. The van der Waals surface area contributed by atoms with Gasteiger partial charge in [-0.25, -0.2) is 4.57 Å². The van der Waals surface area contributed by atoms with E-state index in [4.69, 9.17) is 41.5 Å². The summed E-state index contributed by atoms with van der Waals surface area (Å²) in [6, 6.07) is 10.2. The number of phosphoric ester groups is 1. The second-order valence-electron chi connectivity index (χ2n) is 8.55. The van der Waals surface area contributed by atoms with E-state index < -0.39 is 7.82 Å². The average Bonchev–Trinajstić information content (AvgIpc) is 2.93. The molecule has 0 unspecified atom stereocenters. The predicted octanol–water partition coefficient (Wildman–Crippen LogP) is 6.43. The van der Waals surface area contributed by atoms with Gasteiger partial charge in [-0.2, -0.15) is 0 Å². The van der Waals surface area contributed by atoms with E-state index in [-0.39, 0.29) is 52.9 Å². The Balaban J connectivity index is 1.52. The van der Waals surface area contributed by atoms with E-state index in [9.17, 15) is 14.2 Å². The van der Waals surface area contributed by atoms with Crippen molar-refractivity contribution in [1.29, 1.82) is 0 Å². The van der Waals surface area contributed by atoms with Gasteiger partial charge < -0.3 is 19.1 Å². The second kappa shape index (κ2) is 14.2. The Kier molecular flexibility index (Phi) is 11.3. The third kappa shape index (κ3) is 7.99. The maximum atomic E-state index is 12.8. The largest absolute Gasteiger partial charge is 0.530 e. The number of carbonyl (C=O) groups is 2. The Hall–Kier alpha value is -2.55. The summed E-state index contributed by atoms with van der Waals surface area (Å²) in [4.78, 5) is 29.0. The lowest BCUT2D eigenvalue weighted by atomic mass is 10.0. The van der Waals surface area contributed by atoms with E-state index in [2.05, 4.69) is 11.5 Å². The van der Waals surface area contributed by atoms with Gasteiger partial charge in [-0.15, -0.1) is 0 Å². The zero-order chi connectivity index (χ0) is 28.6. The van der Waals surface area contributed by atoms with Crippen molar-refractivity contribution in [2.45, 2.75) is 27.2 Å². The van der Waals surface area contributed by atoms with Gasteiger partial charge in [-0.3, -0.25) is 18.6 Å². The number of rotatable bonds is 13. The lowest BCUT2D eigenvalue weighted by Gasteiger charge is -2.36. The molecule has 2 aromatic carbocycles. The predicted molar refractivity (Wildman–Crippen MR) is 152 cm³/mol. The van der Waals surface area contributed by atoms with Crippen molar-refractivity contribution in [3.05, 3.63) is 64.2 Å². The number of hydrogen-bond donors (Lipinski definition) is 0. The lowest BCUT2D eigenvalue weighted by molar-refractivity contribution is -0.133. The highest BCUT2D eigenvalue weighted by Crippen LogP contribution is 2.49. The molecule has 0 spiro atoms. The molecule has 1 heterocycles. The number of allylic oxidation sites excluding steroid dienone is 1. The van der Waals surface area contributed by atoms with Crippen molar-refractivity contribution in [1.82, 2.24) is 4.90 Å². The molecule has 0 atom stereocenters. The van der Waals surface area contributed by atoms with Crippen LogP contribution in [0.4, 0.5) is 5.69 Å². The summed E-state index contributed by atoms with van der Waals surface area (Å²) >= 11 is 12.6. The number of piperazine rings is 1. The van der Waals surface area contributed by atoms with Crippen LogP contribution < -0.4 is 14.2 Å². The van der Waals surface area contributed by atoms with Gasteiger partial charge in [0.1, 0.15) is 16.5 Å². The molecular weight excluding hydrogens is 566 g/mol. The minimum atomic E-state index is -3.66. The van der Waals surface area contributed by atoms with E-state index >= 15 is 0 Å². The lowest BCUT2D eigenvalue weighted by Crippen LogP contribution is -2.50. The highest BCUT2D eigenvalue weighted by molar-refractivity contribution is 7.48. The van der Waals surface area contributed by atoms with Crippen molar-refractivity contribution in [2.75, 3.05) is 50.9 Å². The summed E-state index contributed by atoms with van der Waals surface area (Å²) in [5.41, 5.74) is 1.62. The average molecular weight is 599 g/mol. The molecule has 0 N–H and O–H groups in total. The first-order chi connectivity index (χ1) is 18.6. The molecule has 1 amide bonds. The maximum absolute atomic E-state index is 12.8. The van der Waals surface area contributed by atoms with E-state index in [0.717, 1.165) is 5.69 Å². The van der Waals surface area contributed by atoms with Gasteiger partial charge in [0.15, 0.2) is 12.4 Å². The quantitative estimate of drug-likeness (QED) is 0.148. The molecule has 2 aromatic rings. The summed E-state index contributed by atoms with van der Waals surface area (Å²) < 4.78 is 34.0. The van der Waals surface area contributed by atoms with Crippen LogP contribution in [0.2, 0.25) is 10.0 Å². The van der Waals surface area contributed by atoms with Crippen LogP contribution in [0, 0.1) is 0 Å². The fraction of sp³-hybridized carbons (Fsp3) is 0.407. The number of halogens is 2. The van der Waals surface area contributed by atoms with Crippen LogP contribution in [-0.4, -0.2) is 62.6 Å².